The van der Waals surface area contributed by atoms with Gasteiger partial charge in [-0.2, -0.15) is 5.10 Å². The molecule has 9 heteroatoms. The lowest BCUT2D eigenvalue weighted by Gasteiger charge is -2.09. The topological polar surface area (TPSA) is 92.7 Å². The second kappa shape index (κ2) is 8.46. The van der Waals surface area contributed by atoms with Crippen molar-refractivity contribution < 1.29 is 4.79 Å². The highest BCUT2D eigenvalue weighted by Gasteiger charge is 2.28. The largest absolute Gasteiger partial charge is 0.310 e. The minimum absolute atomic E-state index is 0.0986. The Hall–Kier alpha value is -2.91. The van der Waals surface area contributed by atoms with E-state index in [1.807, 2.05) is 36.4 Å². The zero-order chi connectivity index (χ0) is 22.4. The van der Waals surface area contributed by atoms with Crippen molar-refractivity contribution in [3.05, 3.63) is 62.9 Å². The van der Waals surface area contributed by atoms with E-state index in [2.05, 4.69) is 15.3 Å². The van der Waals surface area contributed by atoms with Crippen LogP contribution in [0.4, 0.5) is 5.82 Å². The fraction of sp³-hybridized carbons (Fsp3) is 0.333. The number of fused-ring (bicyclic) bond motifs is 3. The number of H-pyrrole nitrogens is 1. The summed E-state index contributed by atoms with van der Waals surface area (Å²) in [5.74, 6) is 1.14. The predicted octanol–water partition coefficient (Wildman–Crippen LogP) is 4.66. The molecule has 7 nitrogen and oxygen atoms in total. The first-order chi connectivity index (χ1) is 16.2. The number of carbonyl (C=O) groups is 1. The van der Waals surface area contributed by atoms with Gasteiger partial charge in [-0.3, -0.25) is 9.59 Å². The lowest BCUT2D eigenvalue weighted by Crippen LogP contribution is -2.18. The van der Waals surface area contributed by atoms with Crippen molar-refractivity contribution in [2.24, 2.45) is 0 Å². The quantitative estimate of drug-likeness (QED) is 0.311. The molecular weight excluding hydrogens is 454 g/mol. The molecule has 33 heavy (non-hydrogen) atoms. The van der Waals surface area contributed by atoms with Crippen LogP contribution in [0.5, 0.6) is 0 Å². The number of aromatic amines is 1. The Labute approximate surface area is 198 Å². The molecule has 0 aliphatic heterocycles. The van der Waals surface area contributed by atoms with E-state index in [0.717, 1.165) is 53.7 Å². The zero-order valence-electron chi connectivity index (χ0n) is 18.0. The maximum Gasteiger partial charge on any atom is 0.260 e. The third-order valence-corrected chi connectivity index (χ3v) is 8.19. The number of thiophene rings is 1. The maximum absolute atomic E-state index is 12.8. The van der Waals surface area contributed by atoms with Crippen molar-refractivity contribution in [3.8, 4) is 5.69 Å². The first-order valence-electron chi connectivity index (χ1n) is 11.3. The van der Waals surface area contributed by atoms with Crippen LogP contribution in [0.2, 0.25) is 0 Å². The first-order valence-corrected chi connectivity index (χ1v) is 13.1. The van der Waals surface area contributed by atoms with Crippen LogP contribution in [0.1, 0.15) is 47.7 Å². The molecule has 1 fully saturated rings. The van der Waals surface area contributed by atoms with Crippen LogP contribution in [-0.2, 0) is 17.6 Å². The highest BCUT2D eigenvalue weighted by Crippen LogP contribution is 2.40. The Kier molecular flexibility index (Phi) is 5.30. The normalized spacial score (nSPS) is 15.5. The van der Waals surface area contributed by atoms with Crippen molar-refractivity contribution in [3.63, 3.8) is 0 Å². The van der Waals surface area contributed by atoms with Crippen LogP contribution in [0, 0.1) is 0 Å². The molecule has 0 bridgehead atoms. The van der Waals surface area contributed by atoms with Crippen LogP contribution in [-0.4, -0.2) is 31.4 Å². The number of hydrogen-bond acceptors (Lipinski definition) is 6. The average Bonchev–Trinajstić information content (AvgIpc) is 3.48. The molecule has 2 aliphatic carbocycles. The van der Waals surface area contributed by atoms with E-state index < -0.39 is 0 Å². The molecule has 1 aromatic carbocycles. The smallest absolute Gasteiger partial charge is 0.260 e. The van der Waals surface area contributed by atoms with Crippen LogP contribution < -0.4 is 10.9 Å². The van der Waals surface area contributed by atoms with E-state index in [-0.39, 0.29) is 17.2 Å². The van der Waals surface area contributed by atoms with E-state index in [1.165, 1.54) is 28.6 Å². The molecule has 6 rings (SSSR count). The molecule has 1 amide bonds. The number of para-hydroxylation sites is 1. The predicted molar refractivity (Wildman–Crippen MR) is 132 cm³/mol. The third kappa shape index (κ3) is 4.11. The fourth-order valence-electron chi connectivity index (χ4n) is 4.36. The molecule has 4 aromatic rings. The Morgan fingerprint density at radius 3 is 2.85 bits per heavy atom. The van der Waals surface area contributed by atoms with Crippen molar-refractivity contribution in [1.82, 2.24) is 19.7 Å². The van der Waals surface area contributed by atoms with Crippen LogP contribution >= 0.6 is 23.1 Å². The van der Waals surface area contributed by atoms with E-state index >= 15 is 0 Å². The van der Waals surface area contributed by atoms with Crippen molar-refractivity contribution >= 4 is 45.0 Å². The monoisotopic (exact) mass is 477 g/mol. The number of aromatic nitrogens is 4. The summed E-state index contributed by atoms with van der Waals surface area (Å²) in [6.07, 6.45) is 6.55. The van der Waals surface area contributed by atoms with E-state index in [0.29, 0.717) is 16.9 Å². The molecule has 3 heterocycles. The second-order valence-corrected chi connectivity index (χ2v) is 10.6. The number of nitrogens with one attached hydrogen (secondary N) is 2. The third-order valence-electron chi connectivity index (χ3n) is 6.14. The Balaban J connectivity index is 1.20. The van der Waals surface area contributed by atoms with E-state index in [9.17, 15) is 9.59 Å². The van der Waals surface area contributed by atoms with E-state index in [4.69, 9.17) is 5.10 Å². The number of aryl methyl sites for hydroxylation is 2. The average molecular weight is 478 g/mol. The highest BCUT2D eigenvalue weighted by molar-refractivity contribution is 7.99. The van der Waals surface area contributed by atoms with Crippen LogP contribution in [0.25, 0.3) is 15.9 Å². The molecule has 0 saturated heterocycles. The van der Waals surface area contributed by atoms with Gasteiger partial charge in [0.15, 0.2) is 5.16 Å². The standard InChI is InChI=1S/C24H23N5O2S2/c30-20(25-19-12-17(14-10-11-14)28-29(19)15-6-2-1-3-7-15)13-32-24-26-22(31)21-16-8-4-5-9-18(16)33-23(21)27-24/h1-3,6-7,12,14H,4-5,8-11,13H2,(H,25,30)(H,26,27,31). The number of nitrogens with zero attached hydrogens (tertiary/aromatic N) is 3. The number of anilines is 1. The molecule has 0 unspecified atom stereocenters. The molecule has 2 N–H and O–H groups in total. The van der Waals surface area contributed by atoms with Gasteiger partial charge in [0.1, 0.15) is 10.6 Å². The summed E-state index contributed by atoms with van der Waals surface area (Å²) in [4.78, 5) is 35.1. The number of thioether (sulfide) groups is 1. The summed E-state index contributed by atoms with van der Waals surface area (Å²) >= 11 is 2.87. The number of carbonyl (C=O) groups excluding carboxylic acids is 1. The molecule has 0 spiro atoms. The van der Waals surface area contributed by atoms with Gasteiger partial charge >= 0.3 is 0 Å². The van der Waals surface area contributed by atoms with Crippen LogP contribution in [0.3, 0.4) is 0 Å². The van der Waals surface area contributed by atoms with Gasteiger partial charge in [0, 0.05) is 16.9 Å². The minimum Gasteiger partial charge on any atom is -0.310 e. The van der Waals surface area contributed by atoms with Crippen LogP contribution in [0.15, 0.2) is 46.3 Å². The maximum atomic E-state index is 12.8. The summed E-state index contributed by atoms with van der Waals surface area (Å²) in [7, 11) is 0. The summed E-state index contributed by atoms with van der Waals surface area (Å²) in [6, 6.07) is 11.8. The van der Waals surface area contributed by atoms with Gasteiger partial charge < -0.3 is 10.3 Å². The van der Waals surface area contributed by atoms with Crippen molar-refractivity contribution in [2.75, 3.05) is 11.1 Å². The summed E-state index contributed by atoms with van der Waals surface area (Å²) < 4.78 is 1.79. The van der Waals surface area contributed by atoms with Gasteiger partial charge in [-0.1, -0.05) is 30.0 Å². The van der Waals surface area contributed by atoms with Gasteiger partial charge in [0.05, 0.1) is 22.5 Å². The minimum atomic E-state index is -0.160. The number of benzene rings is 1. The van der Waals surface area contributed by atoms with Crippen molar-refractivity contribution in [2.45, 2.75) is 49.6 Å². The molecule has 2 aliphatic rings. The molecular formula is C24H23N5O2S2. The SMILES string of the molecule is O=C(CSc1nc2sc3c(c2c(=O)[nH]1)CCCC3)Nc1cc(C2CC2)nn1-c1ccccc1. The lowest BCUT2D eigenvalue weighted by molar-refractivity contribution is -0.113. The molecule has 168 valence electrons. The van der Waals surface area contributed by atoms with Gasteiger partial charge in [-0.15, -0.1) is 11.3 Å². The Bertz CT molecular complexity index is 1400. The Morgan fingerprint density at radius 1 is 1.21 bits per heavy atom. The molecule has 1 saturated carbocycles. The zero-order valence-corrected chi connectivity index (χ0v) is 19.6. The summed E-state index contributed by atoms with van der Waals surface area (Å²) in [5.41, 5.74) is 2.99. The molecule has 0 radical (unpaired) electrons. The number of hydrogen-bond donors (Lipinski definition) is 2. The highest BCUT2D eigenvalue weighted by atomic mass is 32.2. The van der Waals surface area contributed by atoms with Crippen molar-refractivity contribution in [1.29, 1.82) is 0 Å². The lowest BCUT2D eigenvalue weighted by atomic mass is 9.97. The number of rotatable bonds is 6. The second-order valence-electron chi connectivity index (χ2n) is 8.58. The first kappa shape index (κ1) is 20.7. The summed E-state index contributed by atoms with van der Waals surface area (Å²) in [5, 5.41) is 8.95. The summed E-state index contributed by atoms with van der Waals surface area (Å²) in [6.45, 7) is 0. The molecule has 0 atom stereocenters. The van der Waals surface area contributed by atoms with Gasteiger partial charge in [-0.05, 0) is 56.2 Å². The van der Waals surface area contributed by atoms with Gasteiger partial charge in [0.2, 0.25) is 5.91 Å². The van der Waals surface area contributed by atoms with E-state index in [1.54, 1.807) is 16.0 Å². The Morgan fingerprint density at radius 2 is 2.03 bits per heavy atom. The number of amides is 1. The molecule has 3 aromatic heterocycles. The fourth-order valence-corrected chi connectivity index (χ4v) is 6.34. The van der Waals surface area contributed by atoms with Gasteiger partial charge in [-0.25, -0.2) is 9.67 Å². The van der Waals surface area contributed by atoms with Gasteiger partial charge in [0.25, 0.3) is 5.56 Å².